The molecule has 1 fully saturated rings. The highest BCUT2D eigenvalue weighted by atomic mass is 32.2. The van der Waals surface area contributed by atoms with Crippen molar-refractivity contribution in [1.82, 2.24) is 14.5 Å². The first kappa shape index (κ1) is 26.9. The molecule has 0 spiro atoms. The summed E-state index contributed by atoms with van der Waals surface area (Å²) in [6, 6.07) is 15.7. The highest BCUT2D eigenvalue weighted by Crippen LogP contribution is 2.19. The number of nitrogens with one attached hydrogen (secondary N) is 1. The van der Waals surface area contributed by atoms with Crippen LogP contribution in [0, 0.1) is 6.92 Å². The summed E-state index contributed by atoms with van der Waals surface area (Å²) < 4.78 is 26.8. The molecule has 190 valence electrons. The zero-order chi connectivity index (χ0) is 25.4. The van der Waals surface area contributed by atoms with Gasteiger partial charge in [-0.15, -0.1) is 0 Å². The van der Waals surface area contributed by atoms with Crippen molar-refractivity contribution < 1.29 is 18.0 Å². The molecule has 2 aromatic rings. The summed E-state index contributed by atoms with van der Waals surface area (Å²) in [6.07, 6.45) is 4.71. The minimum absolute atomic E-state index is 0.138. The molecule has 0 radical (unpaired) electrons. The third-order valence-corrected chi connectivity index (χ3v) is 8.53. The smallest absolute Gasteiger partial charge is 0.242 e. The number of carbonyl (C=O) groups excluding carboxylic acids is 2. The van der Waals surface area contributed by atoms with Crippen LogP contribution in [0.4, 0.5) is 0 Å². The molecule has 1 aliphatic carbocycles. The number of hydrogen-bond acceptors (Lipinski definition) is 4. The first-order chi connectivity index (χ1) is 16.7. The largest absolute Gasteiger partial charge is 0.352 e. The van der Waals surface area contributed by atoms with Gasteiger partial charge in [0.2, 0.25) is 21.8 Å². The standard InChI is InChI=1S/C27H37N3O4S/c1-21-15-17-23(18-16-21)20-30(22(2)27(32)28-24-10-7-8-11-24)26(31)14-9-19-29(3)35(33,34)25-12-5-4-6-13-25/h4-6,12-13,15-18,22,24H,7-11,14,19-20H2,1-3H3,(H,28,32)/t22-/m1/s1. The SMILES string of the molecule is Cc1ccc(CN(C(=O)CCCN(C)S(=O)(=O)c2ccccc2)[C@H](C)C(=O)NC2CCCC2)cc1. The van der Waals surface area contributed by atoms with Crippen molar-refractivity contribution in [2.45, 2.75) is 75.9 Å². The Morgan fingerprint density at radius 2 is 1.66 bits per heavy atom. The molecule has 2 amide bonds. The minimum Gasteiger partial charge on any atom is -0.352 e. The fourth-order valence-corrected chi connectivity index (χ4v) is 5.58. The van der Waals surface area contributed by atoms with Gasteiger partial charge < -0.3 is 10.2 Å². The van der Waals surface area contributed by atoms with E-state index >= 15 is 0 Å². The van der Waals surface area contributed by atoms with E-state index in [1.165, 1.54) is 11.4 Å². The average Bonchev–Trinajstić information content (AvgIpc) is 3.36. The number of rotatable bonds is 11. The van der Waals surface area contributed by atoms with Gasteiger partial charge in [-0.2, -0.15) is 0 Å². The van der Waals surface area contributed by atoms with Gasteiger partial charge >= 0.3 is 0 Å². The van der Waals surface area contributed by atoms with Crippen LogP contribution in [0.2, 0.25) is 0 Å². The van der Waals surface area contributed by atoms with Crippen molar-refractivity contribution in [1.29, 1.82) is 0 Å². The van der Waals surface area contributed by atoms with Crippen molar-refractivity contribution in [3.8, 4) is 0 Å². The van der Waals surface area contributed by atoms with Crippen LogP contribution in [-0.4, -0.2) is 55.1 Å². The van der Waals surface area contributed by atoms with Crippen LogP contribution in [-0.2, 0) is 26.2 Å². The molecule has 0 unspecified atom stereocenters. The molecule has 0 aromatic heterocycles. The highest BCUT2D eigenvalue weighted by molar-refractivity contribution is 7.89. The van der Waals surface area contributed by atoms with E-state index in [0.717, 1.165) is 36.8 Å². The van der Waals surface area contributed by atoms with E-state index < -0.39 is 16.1 Å². The first-order valence-corrected chi connectivity index (χ1v) is 13.8. The number of nitrogens with zero attached hydrogens (tertiary/aromatic N) is 2. The molecule has 1 saturated carbocycles. The molecule has 2 aromatic carbocycles. The number of carbonyl (C=O) groups is 2. The number of aryl methyl sites for hydroxylation is 1. The Bertz CT molecular complexity index is 1080. The molecule has 0 saturated heterocycles. The Morgan fingerprint density at radius 3 is 2.29 bits per heavy atom. The molecule has 1 atom stereocenters. The Hall–Kier alpha value is -2.71. The summed E-state index contributed by atoms with van der Waals surface area (Å²) in [5.41, 5.74) is 2.08. The van der Waals surface area contributed by atoms with E-state index in [1.807, 2.05) is 31.2 Å². The van der Waals surface area contributed by atoms with Crippen molar-refractivity contribution in [2.75, 3.05) is 13.6 Å². The lowest BCUT2D eigenvalue weighted by atomic mass is 10.1. The van der Waals surface area contributed by atoms with E-state index in [2.05, 4.69) is 5.32 Å². The minimum atomic E-state index is -3.61. The molecule has 0 aliphatic heterocycles. The lowest BCUT2D eigenvalue weighted by molar-refractivity contribution is -0.141. The van der Waals surface area contributed by atoms with Gasteiger partial charge in [-0.1, -0.05) is 60.9 Å². The third-order valence-electron chi connectivity index (χ3n) is 6.66. The predicted octanol–water partition coefficient (Wildman–Crippen LogP) is 3.87. The number of hydrogen-bond donors (Lipinski definition) is 1. The van der Waals surface area contributed by atoms with Gasteiger partial charge in [0.15, 0.2) is 0 Å². The number of benzene rings is 2. The van der Waals surface area contributed by atoms with Crippen molar-refractivity contribution in [3.05, 3.63) is 65.7 Å². The summed E-state index contributed by atoms with van der Waals surface area (Å²) in [7, 11) is -2.09. The van der Waals surface area contributed by atoms with E-state index in [1.54, 1.807) is 42.2 Å². The van der Waals surface area contributed by atoms with Gasteiger partial charge in [-0.05, 0) is 50.8 Å². The second-order valence-corrected chi connectivity index (χ2v) is 11.5. The average molecular weight is 500 g/mol. The maximum absolute atomic E-state index is 13.3. The van der Waals surface area contributed by atoms with E-state index in [-0.39, 0.29) is 35.7 Å². The lowest BCUT2D eigenvalue weighted by Crippen LogP contribution is -2.49. The molecule has 35 heavy (non-hydrogen) atoms. The van der Waals surface area contributed by atoms with Crippen LogP contribution in [0.25, 0.3) is 0 Å². The Morgan fingerprint density at radius 1 is 1.03 bits per heavy atom. The summed E-state index contributed by atoms with van der Waals surface area (Å²) in [6.45, 7) is 4.31. The molecule has 0 bridgehead atoms. The Labute approximate surface area is 209 Å². The molecule has 0 heterocycles. The van der Waals surface area contributed by atoms with Crippen molar-refractivity contribution in [3.63, 3.8) is 0 Å². The number of sulfonamides is 1. The molecule has 8 heteroatoms. The second-order valence-electron chi connectivity index (χ2n) is 9.42. The van der Waals surface area contributed by atoms with Crippen molar-refractivity contribution >= 4 is 21.8 Å². The quantitative estimate of drug-likeness (QED) is 0.508. The van der Waals surface area contributed by atoms with Crippen LogP contribution in [0.3, 0.4) is 0 Å². The molecule has 1 aliphatic rings. The summed E-state index contributed by atoms with van der Waals surface area (Å²) in [5.74, 6) is -0.300. The molecule has 7 nitrogen and oxygen atoms in total. The van der Waals surface area contributed by atoms with Gasteiger partial charge in [-0.25, -0.2) is 12.7 Å². The Balaban J connectivity index is 1.64. The summed E-state index contributed by atoms with van der Waals surface area (Å²) in [5, 5.41) is 3.10. The van der Waals surface area contributed by atoms with E-state index in [4.69, 9.17) is 0 Å². The van der Waals surface area contributed by atoms with Crippen molar-refractivity contribution in [2.24, 2.45) is 0 Å². The highest BCUT2D eigenvalue weighted by Gasteiger charge is 2.28. The summed E-state index contributed by atoms with van der Waals surface area (Å²) >= 11 is 0. The van der Waals surface area contributed by atoms with Gasteiger partial charge in [0.25, 0.3) is 0 Å². The lowest BCUT2D eigenvalue weighted by Gasteiger charge is -2.30. The first-order valence-electron chi connectivity index (χ1n) is 12.4. The number of amides is 2. The maximum atomic E-state index is 13.3. The predicted molar refractivity (Wildman–Crippen MR) is 137 cm³/mol. The van der Waals surface area contributed by atoms with Crippen LogP contribution in [0.15, 0.2) is 59.5 Å². The molecular formula is C27H37N3O4S. The van der Waals surface area contributed by atoms with Gasteiger partial charge in [0.05, 0.1) is 4.90 Å². The van der Waals surface area contributed by atoms with Crippen LogP contribution in [0.1, 0.15) is 56.6 Å². The zero-order valence-corrected chi connectivity index (χ0v) is 21.8. The molecular weight excluding hydrogens is 462 g/mol. The summed E-state index contributed by atoms with van der Waals surface area (Å²) in [4.78, 5) is 28.1. The Kier molecular flexibility index (Phi) is 9.46. The fraction of sp³-hybridized carbons (Fsp3) is 0.481. The monoisotopic (exact) mass is 499 g/mol. The molecule has 3 rings (SSSR count). The normalized spacial score (nSPS) is 15.2. The van der Waals surface area contributed by atoms with Gasteiger partial charge in [0, 0.05) is 32.6 Å². The van der Waals surface area contributed by atoms with E-state index in [9.17, 15) is 18.0 Å². The van der Waals surface area contributed by atoms with Crippen LogP contribution in [0.5, 0.6) is 0 Å². The van der Waals surface area contributed by atoms with Crippen LogP contribution < -0.4 is 5.32 Å². The zero-order valence-electron chi connectivity index (χ0n) is 20.9. The van der Waals surface area contributed by atoms with Gasteiger partial charge in [-0.3, -0.25) is 9.59 Å². The van der Waals surface area contributed by atoms with Gasteiger partial charge in [0.1, 0.15) is 6.04 Å². The second kappa shape index (κ2) is 12.3. The fourth-order valence-electron chi connectivity index (χ4n) is 4.35. The molecule has 1 N–H and O–H groups in total. The maximum Gasteiger partial charge on any atom is 0.242 e. The van der Waals surface area contributed by atoms with E-state index in [0.29, 0.717) is 13.0 Å². The van der Waals surface area contributed by atoms with Crippen LogP contribution >= 0.6 is 0 Å². The topological polar surface area (TPSA) is 86.8 Å². The third kappa shape index (κ3) is 7.39.